The minimum Gasteiger partial charge on any atom is -0.481 e. The van der Waals surface area contributed by atoms with Gasteiger partial charge in [0.25, 0.3) is 0 Å². The first-order chi connectivity index (χ1) is 9.56. The second kappa shape index (κ2) is 5.96. The number of anilines is 1. The first-order valence-electron chi connectivity index (χ1n) is 5.95. The summed E-state index contributed by atoms with van der Waals surface area (Å²) >= 11 is 0. The maximum Gasteiger partial charge on any atom is 0.303 e. The third kappa shape index (κ3) is 3.41. The maximum absolute atomic E-state index is 11.6. The van der Waals surface area contributed by atoms with Gasteiger partial charge in [0.05, 0.1) is 6.42 Å². The highest BCUT2D eigenvalue weighted by molar-refractivity contribution is 5.93. The molecule has 0 unspecified atom stereocenters. The van der Waals surface area contributed by atoms with E-state index in [-0.39, 0.29) is 18.7 Å². The fourth-order valence-corrected chi connectivity index (χ4v) is 1.67. The Morgan fingerprint density at radius 3 is 2.75 bits per heavy atom. The minimum absolute atomic E-state index is 0.0554. The molecule has 0 bridgehead atoms. The van der Waals surface area contributed by atoms with Crippen molar-refractivity contribution in [3.8, 4) is 11.5 Å². The molecule has 2 aromatic rings. The van der Waals surface area contributed by atoms with Gasteiger partial charge in [0.2, 0.25) is 18.2 Å². The Morgan fingerprint density at radius 1 is 1.35 bits per heavy atom. The number of rotatable bonds is 5. The largest absolute Gasteiger partial charge is 0.481 e. The number of aliphatic carboxylic acids is 1. The van der Waals surface area contributed by atoms with Crippen LogP contribution in [-0.2, 0) is 9.59 Å². The highest BCUT2D eigenvalue weighted by Crippen LogP contribution is 2.23. The molecular formula is C13H13N3O4. The molecule has 0 radical (unpaired) electrons. The number of benzene rings is 1. The van der Waals surface area contributed by atoms with E-state index in [4.69, 9.17) is 9.52 Å². The quantitative estimate of drug-likeness (QED) is 0.862. The lowest BCUT2D eigenvalue weighted by molar-refractivity contribution is -0.138. The highest BCUT2D eigenvalue weighted by Gasteiger charge is 2.09. The fraction of sp³-hybridized carbons (Fsp3) is 0.231. The van der Waals surface area contributed by atoms with E-state index in [1.54, 1.807) is 18.2 Å². The standard InChI is InChI=1S/C13H13N3O4/c1-8-6-9(13-16-14-7-20-13)2-3-10(8)15-11(17)4-5-12(18)19/h2-3,6-7H,4-5H2,1H3,(H,15,17)(H,18,19). The lowest BCUT2D eigenvalue weighted by Crippen LogP contribution is -2.13. The first-order valence-corrected chi connectivity index (χ1v) is 5.95. The minimum atomic E-state index is -0.997. The Morgan fingerprint density at radius 2 is 2.15 bits per heavy atom. The second-order valence-corrected chi connectivity index (χ2v) is 4.22. The Balaban J connectivity index is 2.06. The van der Waals surface area contributed by atoms with Crippen LogP contribution in [0.15, 0.2) is 29.0 Å². The highest BCUT2D eigenvalue weighted by atomic mass is 16.4. The number of nitrogens with one attached hydrogen (secondary N) is 1. The van der Waals surface area contributed by atoms with Crippen LogP contribution in [0.4, 0.5) is 5.69 Å². The van der Waals surface area contributed by atoms with Gasteiger partial charge in [-0.05, 0) is 30.7 Å². The zero-order valence-electron chi connectivity index (χ0n) is 10.8. The lowest BCUT2D eigenvalue weighted by Gasteiger charge is -2.08. The lowest BCUT2D eigenvalue weighted by atomic mass is 10.1. The zero-order valence-corrected chi connectivity index (χ0v) is 10.8. The van der Waals surface area contributed by atoms with Gasteiger partial charge in [-0.15, -0.1) is 10.2 Å². The number of carboxylic acids is 1. The van der Waals surface area contributed by atoms with Crippen LogP contribution in [0.2, 0.25) is 0 Å². The number of nitrogens with zero attached hydrogens (tertiary/aromatic N) is 2. The second-order valence-electron chi connectivity index (χ2n) is 4.22. The van der Waals surface area contributed by atoms with Gasteiger partial charge in [0, 0.05) is 17.7 Å². The van der Waals surface area contributed by atoms with E-state index in [2.05, 4.69) is 15.5 Å². The SMILES string of the molecule is Cc1cc(-c2nnco2)ccc1NC(=O)CCC(=O)O. The van der Waals surface area contributed by atoms with Gasteiger partial charge >= 0.3 is 5.97 Å². The molecule has 0 aliphatic rings. The predicted octanol–water partition coefficient (Wildman–Crippen LogP) is 1.85. The number of aryl methyl sites for hydroxylation is 1. The van der Waals surface area contributed by atoms with E-state index in [0.717, 1.165) is 11.1 Å². The number of amides is 1. The van der Waals surface area contributed by atoms with E-state index < -0.39 is 5.97 Å². The van der Waals surface area contributed by atoms with E-state index >= 15 is 0 Å². The van der Waals surface area contributed by atoms with Crippen molar-refractivity contribution < 1.29 is 19.1 Å². The molecule has 0 fully saturated rings. The number of carbonyl (C=O) groups excluding carboxylic acids is 1. The summed E-state index contributed by atoms with van der Waals surface area (Å²) in [6.45, 7) is 1.83. The van der Waals surface area contributed by atoms with Crippen molar-refractivity contribution in [2.75, 3.05) is 5.32 Å². The molecule has 1 amide bonds. The van der Waals surface area contributed by atoms with Crippen molar-refractivity contribution in [3.63, 3.8) is 0 Å². The molecule has 2 N–H and O–H groups in total. The molecule has 1 heterocycles. The first kappa shape index (κ1) is 13.7. The average Bonchev–Trinajstić information content (AvgIpc) is 2.92. The summed E-state index contributed by atoms with van der Waals surface area (Å²) in [6.07, 6.45) is 0.997. The van der Waals surface area contributed by atoms with Gasteiger partial charge in [-0.1, -0.05) is 0 Å². The number of carbonyl (C=O) groups is 2. The summed E-state index contributed by atoms with van der Waals surface area (Å²) in [5.41, 5.74) is 2.21. The molecule has 1 aromatic carbocycles. The van der Waals surface area contributed by atoms with Crippen molar-refractivity contribution in [1.82, 2.24) is 10.2 Å². The Hall–Kier alpha value is -2.70. The molecule has 2 rings (SSSR count). The molecule has 0 saturated heterocycles. The Labute approximate surface area is 114 Å². The van der Waals surface area contributed by atoms with Gasteiger partial charge in [-0.3, -0.25) is 9.59 Å². The zero-order chi connectivity index (χ0) is 14.5. The van der Waals surface area contributed by atoms with Crippen molar-refractivity contribution in [3.05, 3.63) is 30.2 Å². The van der Waals surface area contributed by atoms with Crippen LogP contribution in [0.3, 0.4) is 0 Å². The summed E-state index contributed by atoms with van der Waals surface area (Å²) in [4.78, 5) is 22.0. The van der Waals surface area contributed by atoms with Gasteiger partial charge in [-0.25, -0.2) is 0 Å². The van der Waals surface area contributed by atoms with Crippen LogP contribution in [0.5, 0.6) is 0 Å². The molecular weight excluding hydrogens is 262 g/mol. The Kier molecular flexibility index (Phi) is 4.09. The molecule has 0 aliphatic heterocycles. The van der Waals surface area contributed by atoms with E-state index in [0.29, 0.717) is 11.6 Å². The monoisotopic (exact) mass is 275 g/mol. The van der Waals surface area contributed by atoms with Gasteiger partial charge < -0.3 is 14.8 Å². The molecule has 1 aromatic heterocycles. The summed E-state index contributed by atoms with van der Waals surface area (Å²) < 4.78 is 5.09. The predicted molar refractivity (Wildman–Crippen MR) is 70.0 cm³/mol. The molecule has 7 heteroatoms. The molecule has 0 atom stereocenters. The van der Waals surface area contributed by atoms with Gasteiger partial charge in [0.15, 0.2) is 0 Å². The Bertz CT molecular complexity index is 623. The maximum atomic E-state index is 11.6. The van der Waals surface area contributed by atoms with Crippen LogP contribution in [0, 0.1) is 6.92 Å². The number of hydrogen-bond donors (Lipinski definition) is 2. The van der Waals surface area contributed by atoms with Crippen LogP contribution >= 0.6 is 0 Å². The fourth-order valence-electron chi connectivity index (χ4n) is 1.67. The van der Waals surface area contributed by atoms with Crippen LogP contribution in [-0.4, -0.2) is 27.2 Å². The smallest absolute Gasteiger partial charge is 0.303 e. The average molecular weight is 275 g/mol. The van der Waals surface area contributed by atoms with Crippen LogP contribution in [0.1, 0.15) is 18.4 Å². The molecule has 0 spiro atoms. The van der Waals surface area contributed by atoms with Crippen LogP contribution in [0.25, 0.3) is 11.5 Å². The number of aromatic nitrogens is 2. The van der Waals surface area contributed by atoms with Crippen molar-refractivity contribution >= 4 is 17.6 Å². The number of hydrogen-bond acceptors (Lipinski definition) is 5. The molecule has 104 valence electrons. The molecule has 0 saturated carbocycles. The van der Waals surface area contributed by atoms with E-state index in [9.17, 15) is 9.59 Å². The van der Waals surface area contributed by atoms with Crippen LogP contribution < -0.4 is 5.32 Å². The summed E-state index contributed by atoms with van der Waals surface area (Å²) in [6, 6.07) is 5.27. The van der Waals surface area contributed by atoms with Gasteiger partial charge in [0.1, 0.15) is 0 Å². The molecule has 7 nitrogen and oxygen atoms in total. The third-order valence-corrected chi connectivity index (χ3v) is 2.67. The molecule has 20 heavy (non-hydrogen) atoms. The van der Waals surface area contributed by atoms with Crippen molar-refractivity contribution in [2.45, 2.75) is 19.8 Å². The third-order valence-electron chi connectivity index (χ3n) is 2.67. The van der Waals surface area contributed by atoms with E-state index in [1.807, 2.05) is 6.92 Å². The molecule has 0 aliphatic carbocycles. The summed E-state index contributed by atoms with van der Waals surface area (Å²) in [5.74, 6) is -0.929. The normalized spacial score (nSPS) is 10.2. The van der Waals surface area contributed by atoms with Crippen molar-refractivity contribution in [1.29, 1.82) is 0 Å². The summed E-state index contributed by atoms with van der Waals surface area (Å²) in [5, 5.41) is 18.6. The summed E-state index contributed by atoms with van der Waals surface area (Å²) in [7, 11) is 0. The van der Waals surface area contributed by atoms with Crippen molar-refractivity contribution in [2.24, 2.45) is 0 Å². The van der Waals surface area contributed by atoms with E-state index in [1.165, 1.54) is 6.39 Å². The number of carboxylic acid groups (broad SMARTS) is 1. The topological polar surface area (TPSA) is 105 Å². The van der Waals surface area contributed by atoms with Gasteiger partial charge in [-0.2, -0.15) is 0 Å².